The summed E-state index contributed by atoms with van der Waals surface area (Å²) in [4.78, 5) is 15.1. The lowest BCUT2D eigenvalue weighted by molar-refractivity contribution is 0.0723. The smallest absolute Gasteiger partial charge is 0.273 e. The zero-order valence-corrected chi connectivity index (χ0v) is 18.2. The quantitative estimate of drug-likeness (QED) is 0.512. The van der Waals surface area contributed by atoms with E-state index in [0.717, 1.165) is 39.7 Å². The van der Waals surface area contributed by atoms with Gasteiger partial charge in [-0.2, -0.15) is 5.10 Å². The topological polar surface area (TPSA) is 58.2 Å². The highest BCUT2D eigenvalue weighted by Gasteiger charge is 2.41. The van der Waals surface area contributed by atoms with Gasteiger partial charge in [0, 0.05) is 35.9 Å². The lowest BCUT2D eigenvalue weighted by Gasteiger charge is -2.26. The molecule has 2 aromatic carbocycles. The van der Waals surface area contributed by atoms with Gasteiger partial charge in [0.05, 0.1) is 11.7 Å². The number of carbonyl (C=O) groups is 1. The lowest BCUT2D eigenvalue weighted by Crippen LogP contribution is -2.31. The van der Waals surface area contributed by atoms with Crippen molar-refractivity contribution in [3.63, 3.8) is 0 Å². The zero-order chi connectivity index (χ0) is 20.4. The minimum Gasteiger partial charge on any atom is -0.385 e. The van der Waals surface area contributed by atoms with E-state index in [1.54, 1.807) is 7.11 Å². The molecule has 1 aliphatic heterocycles. The number of aromatic amines is 1. The van der Waals surface area contributed by atoms with Crippen LogP contribution in [0, 0.1) is 0 Å². The Morgan fingerprint density at radius 2 is 1.86 bits per heavy atom. The van der Waals surface area contributed by atoms with Crippen molar-refractivity contribution < 1.29 is 9.53 Å². The number of carbonyl (C=O) groups excluding carboxylic acids is 1. The van der Waals surface area contributed by atoms with Gasteiger partial charge in [-0.05, 0) is 36.1 Å². The monoisotopic (exact) mass is 453 g/mol. The Morgan fingerprint density at radius 1 is 1.14 bits per heavy atom. The van der Waals surface area contributed by atoms with E-state index in [4.69, 9.17) is 4.74 Å². The van der Waals surface area contributed by atoms with Gasteiger partial charge < -0.3 is 9.64 Å². The maximum absolute atomic E-state index is 13.2. The van der Waals surface area contributed by atoms with Gasteiger partial charge in [-0.25, -0.2) is 0 Å². The highest BCUT2D eigenvalue weighted by molar-refractivity contribution is 9.10. The normalized spacial score (nSPS) is 15.8. The van der Waals surface area contributed by atoms with Crippen molar-refractivity contribution in [3.05, 3.63) is 75.4 Å². The minimum absolute atomic E-state index is 0.00321. The van der Waals surface area contributed by atoms with E-state index in [1.165, 1.54) is 5.56 Å². The van der Waals surface area contributed by atoms with Gasteiger partial charge in [-0.15, -0.1) is 0 Å². The standard InChI is InChI=1S/C23H24BrN3O2/c1-3-15-5-7-17(8-6-15)22-19-20(16-9-11-18(24)12-10-16)25-26-21(19)23(28)27(22)13-4-14-29-2/h5-12,22H,3-4,13-14H2,1-2H3,(H,25,26). The zero-order valence-electron chi connectivity index (χ0n) is 16.6. The first-order chi connectivity index (χ1) is 14.1. The van der Waals surface area contributed by atoms with E-state index in [2.05, 4.69) is 57.3 Å². The van der Waals surface area contributed by atoms with Crippen molar-refractivity contribution >= 4 is 21.8 Å². The molecule has 29 heavy (non-hydrogen) atoms. The molecule has 3 aromatic rings. The number of rotatable bonds is 7. The number of H-pyrrole nitrogens is 1. The highest BCUT2D eigenvalue weighted by atomic mass is 79.9. The Labute approximate surface area is 179 Å². The molecule has 1 atom stereocenters. The van der Waals surface area contributed by atoms with Gasteiger partial charge in [0.15, 0.2) is 0 Å². The Morgan fingerprint density at radius 3 is 2.52 bits per heavy atom. The molecule has 1 aromatic heterocycles. The van der Waals surface area contributed by atoms with Gasteiger partial charge in [0.2, 0.25) is 0 Å². The summed E-state index contributed by atoms with van der Waals surface area (Å²) >= 11 is 3.49. The van der Waals surface area contributed by atoms with Crippen molar-refractivity contribution in [3.8, 4) is 11.3 Å². The van der Waals surface area contributed by atoms with Crippen molar-refractivity contribution in [2.75, 3.05) is 20.3 Å². The largest absolute Gasteiger partial charge is 0.385 e. The van der Waals surface area contributed by atoms with E-state index in [9.17, 15) is 4.79 Å². The molecule has 0 fully saturated rings. The third kappa shape index (κ3) is 3.74. The summed E-state index contributed by atoms with van der Waals surface area (Å²) in [6.45, 7) is 3.40. The fourth-order valence-corrected chi connectivity index (χ4v) is 4.18. The molecule has 1 aliphatic rings. The summed E-state index contributed by atoms with van der Waals surface area (Å²) in [5, 5.41) is 7.52. The van der Waals surface area contributed by atoms with Crippen LogP contribution in [0.4, 0.5) is 0 Å². The summed E-state index contributed by atoms with van der Waals surface area (Å²) in [5.74, 6) is -0.00321. The fourth-order valence-electron chi connectivity index (χ4n) is 3.92. The second-order valence-electron chi connectivity index (χ2n) is 7.21. The Hall–Kier alpha value is -2.44. The van der Waals surface area contributed by atoms with Crippen LogP contribution in [-0.4, -0.2) is 41.3 Å². The van der Waals surface area contributed by atoms with Crippen LogP contribution in [0.15, 0.2) is 53.0 Å². The van der Waals surface area contributed by atoms with Crippen LogP contribution >= 0.6 is 15.9 Å². The number of aryl methyl sites for hydroxylation is 1. The molecule has 2 heterocycles. The lowest BCUT2D eigenvalue weighted by atomic mass is 9.95. The Balaban J connectivity index is 1.79. The van der Waals surface area contributed by atoms with Crippen LogP contribution in [0.2, 0.25) is 0 Å². The van der Waals surface area contributed by atoms with E-state index in [-0.39, 0.29) is 11.9 Å². The second-order valence-corrected chi connectivity index (χ2v) is 8.13. The Bertz CT molecular complexity index is 996. The van der Waals surface area contributed by atoms with Crippen LogP contribution < -0.4 is 0 Å². The molecular formula is C23H24BrN3O2. The third-order valence-electron chi connectivity index (χ3n) is 5.43. The number of aromatic nitrogens is 2. The third-order valence-corrected chi connectivity index (χ3v) is 5.96. The number of fused-ring (bicyclic) bond motifs is 1. The highest BCUT2D eigenvalue weighted by Crippen LogP contribution is 2.42. The van der Waals surface area contributed by atoms with Crippen LogP contribution in [0.1, 0.15) is 46.6 Å². The molecule has 150 valence electrons. The molecule has 0 saturated carbocycles. The number of nitrogens with one attached hydrogen (secondary N) is 1. The number of ether oxygens (including phenoxy) is 1. The fraction of sp³-hybridized carbons (Fsp3) is 0.304. The first kappa shape index (κ1) is 19.9. The molecule has 4 rings (SSSR count). The van der Waals surface area contributed by atoms with Crippen LogP contribution in [0.25, 0.3) is 11.3 Å². The van der Waals surface area contributed by atoms with Crippen LogP contribution in [0.5, 0.6) is 0 Å². The first-order valence-corrected chi connectivity index (χ1v) is 10.7. The van der Waals surface area contributed by atoms with E-state index < -0.39 is 0 Å². The van der Waals surface area contributed by atoms with Gasteiger partial charge >= 0.3 is 0 Å². The molecular weight excluding hydrogens is 430 g/mol. The molecule has 6 heteroatoms. The van der Waals surface area contributed by atoms with E-state index in [1.807, 2.05) is 29.2 Å². The van der Waals surface area contributed by atoms with Gasteiger partial charge in [0.25, 0.3) is 5.91 Å². The molecule has 0 radical (unpaired) electrons. The molecule has 1 amide bonds. The molecule has 0 spiro atoms. The summed E-state index contributed by atoms with van der Waals surface area (Å²) in [6.07, 6.45) is 1.78. The predicted molar refractivity (Wildman–Crippen MR) is 117 cm³/mol. The molecule has 1 unspecified atom stereocenters. The average molecular weight is 454 g/mol. The summed E-state index contributed by atoms with van der Waals surface area (Å²) in [6, 6.07) is 16.4. The number of hydrogen-bond donors (Lipinski definition) is 1. The SMILES string of the molecule is CCc1ccc(C2c3c(-c4ccc(Br)cc4)n[nH]c3C(=O)N2CCCOC)cc1. The minimum atomic E-state index is -0.155. The second kappa shape index (κ2) is 8.51. The summed E-state index contributed by atoms with van der Waals surface area (Å²) in [7, 11) is 1.69. The van der Waals surface area contributed by atoms with Gasteiger partial charge in [-0.1, -0.05) is 59.3 Å². The molecule has 0 aliphatic carbocycles. The van der Waals surface area contributed by atoms with Crippen molar-refractivity contribution in [1.82, 2.24) is 15.1 Å². The number of benzene rings is 2. The maximum atomic E-state index is 13.2. The molecule has 5 nitrogen and oxygen atoms in total. The molecule has 0 bridgehead atoms. The van der Waals surface area contributed by atoms with Gasteiger partial charge in [0.1, 0.15) is 5.69 Å². The first-order valence-electron chi connectivity index (χ1n) is 9.87. The number of halogens is 1. The van der Waals surface area contributed by atoms with Crippen LogP contribution in [0.3, 0.4) is 0 Å². The van der Waals surface area contributed by atoms with Gasteiger partial charge in [-0.3, -0.25) is 9.89 Å². The number of methoxy groups -OCH3 is 1. The molecule has 0 saturated heterocycles. The molecule has 1 N–H and O–H groups in total. The van der Waals surface area contributed by atoms with E-state index >= 15 is 0 Å². The summed E-state index contributed by atoms with van der Waals surface area (Å²) < 4.78 is 6.22. The average Bonchev–Trinajstić information content (AvgIpc) is 3.28. The maximum Gasteiger partial charge on any atom is 0.273 e. The van der Waals surface area contributed by atoms with Crippen molar-refractivity contribution in [2.45, 2.75) is 25.8 Å². The van der Waals surface area contributed by atoms with E-state index in [0.29, 0.717) is 18.8 Å². The number of nitrogens with zero attached hydrogens (tertiary/aromatic N) is 2. The predicted octanol–water partition coefficient (Wildman–Crippen LogP) is 4.98. The summed E-state index contributed by atoms with van der Waals surface area (Å²) in [5.41, 5.74) is 5.76. The number of amides is 1. The Kier molecular flexibility index (Phi) is 5.83. The number of hydrogen-bond acceptors (Lipinski definition) is 3. The van der Waals surface area contributed by atoms with Crippen LogP contribution in [-0.2, 0) is 11.2 Å². The van der Waals surface area contributed by atoms with Crippen molar-refractivity contribution in [1.29, 1.82) is 0 Å². The van der Waals surface area contributed by atoms with Crippen molar-refractivity contribution in [2.24, 2.45) is 0 Å².